The van der Waals surface area contributed by atoms with Crippen LogP contribution in [0, 0.1) is 23.1 Å². The predicted octanol–water partition coefficient (Wildman–Crippen LogP) is 4.90. The van der Waals surface area contributed by atoms with Crippen molar-refractivity contribution in [2.45, 2.75) is 39.0 Å². The van der Waals surface area contributed by atoms with Gasteiger partial charge in [0.25, 0.3) is 0 Å². The molecule has 0 fully saturated rings. The van der Waals surface area contributed by atoms with Crippen LogP contribution in [0.1, 0.15) is 43.0 Å². The fourth-order valence-corrected chi connectivity index (χ4v) is 3.89. The van der Waals surface area contributed by atoms with E-state index in [0.29, 0.717) is 11.5 Å². The highest BCUT2D eigenvalue weighted by molar-refractivity contribution is 6.33. The molecule has 0 amide bonds. The lowest BCUT2D eigenvalue weighted by atomic mass is 9.79. The van der Waals surface area contributed by atoms with Crippen LogP contribution in [-0.2, 0) is 12.8 Å². The van der Waals surface area contributed by atoms with E-state index >= 15 is 0 Å². The van der Waals surface area contributed by atoms with Gasteiger partial charge in [-0.25, -0.2) is 9.37 Å². The van der Waals surface area contributed by atoms with Gasteiger partial charge in [-0.2, -0.15) is 5.26 Å². The number of hydrogen-bond acceptors (Lipinski definition) is 3. The van der Waals surface area contributed by atoms with Crippen LogP contribution in [0.25, 0.3) is 11.1 Å². The van der Waals surface area contributed by atoms with Crippen LogP contribution < -0.4 is 5.73 Å². The lowest BCUT2D eigenvalue weighted by Crippen LogP contribution is -2.19. The second-order valence-corrected chi connectivity index (χ2v) is 6.69. The van der Waals surface area contributed by atoms with Crippen molar-refractivity contribution in [2.24, 2.45) is 5.92 Å². The first-order chi connectivity index (χ1) is 11.6. The van der Waals surface area contributed by atoms with E-state index in [2.05, 4.69) is 18.0 Å². The molecular weight excluding hydrogens is 325 g/mol. The smallest absolute Gasteiger partial charge is 0.142 e. The molecule has 1 aliphatic rings. The highest BCUT2D eigenvalue weighted by atomic mass is 35.5. The van der Waals surface area contributed by atoms with Gasteiger partial charge >= 0.3 is 0 Å². The number of benzene rings is 1. The fourth-order valence-electron chi connectivity index (χ4n) is 3.63. The van der Waals surface area contributed by atoms with E-state index in [1.807, 2.05) is 0 Å². The maximum atomic E-state index is 14.5. The summed E-state index contributed by atoms with van der Waals surface area (Å²) in [5.41, 5.74) is 8.80. The van der Waals surface area contributed by atoms with Gasteiger partial charge in [-0.1, -0.05) is 37.4 Å². The van der Waals surface area contributed by atoms with Gasteiger partial charge in [0.1, 0.15) is 23.3 Å². The van der Waals surface area contributed by atoms with Gasteiger partial charge in [-0.15, -0.1) is 0 Å². The number of fused-ring (bicyclic) bond motifs is 1. The highest BCUT2D eigenvalue weighted by Crippen LogP contribution is 2.41. The number of nitrogens with two attached hydrogens (primary N) is 1. The largest absolute Gasteiger partial charge is 0.383 e. The third kappa shape index (κ3) is 2.85. The minimum absolute atomic E-state index is 0.152. The number of halogens is 2. The summed E-state index contributed by atoms with van der Waals surface area (Å²) in [6.45, 7) is 2.16. The first-order valence-electron chi connectivity index (χ1n) is 8.22. The summed E-state index contributed by atoms with van der Waals surface area (Å²) in [6.07, 6.45) is 4.84. The van der Waals surface area contributed by atoms with Crippen molar-refractivity contribution < 1.29 is 4.39 Å². The molecule has 1 atom stereocenters. The van der Waals surface area contributed by atoms with Gasteiger partial charge in [0.05, 0.1) is 5.02 Å². The maximum absolute atomic E-state index is 14.5. The number of nitrogen functional groups attached to an aromatic ring is 1. The number of anilines is 1. The van der Waals surface area contributed by atoms with Gasteiger partial charge in [0, 0.05) is 16.8 Å². The molecule has 3 rings (SSSR count). The topological polar surface area (TPSA) is 62.7 Å². The summed E-state index contributed by atoms with van der Waals surface area (Å²) in [5.74, 6) is 0.229. The van der Waals surface area contributed by atoms with Gasteiger partial charge in [-0.05, 0) is 42.9 Å². The van der Waals surface area contributed by atoms with Crippen molar-refractivity contribution in [3.05, 3.63) is 45.9 Å². The molecule has 24 heavy (non-hydrogen) atoms. The van der Waals surface area contributed by atoms with Crippen molar-refractivity contribution in [2.75, 3.05) is 5.73 Å². The second-order valence-electron chi connectivity index (χ2n) is 6.28. The highest BCUT2D eigenvalue weighted by Gasteiger charge is 2.28. The Morgan fingerprint density at radius 3 is 2.88 bits per heavy atom. The second kappa shape index (κ2) is 6.78. The molecule has 0 aliphatic heterocycles. The van der Waals surface area contributed by atoms with E-state index in [1.165, 1.54) is 6.07 Å². The predicted molar refractivity (Wildman–Crippen MR) is 94.2 cm³/mol. The first kappa shape index (κ1) is 16.7. The molecule has 0 saturated carbocycles. The molecule has 1 unspecified atom stereocenters. The monoisotopic (exact) mass is 343 g/mol. The van der Waals surface area contributed by atoms with Gasteiger partial charge in [0.15, 0.2) is 0 Å². The number of nitriles is 1. The number of rotatable bonds is 3. The zero-order chi connectivity index (χ0) is 17.3. The Bertz CT molecular complexity index is 806. The Morgan fingerprint density at radius 1 is 1.42 bits per heavy atom. The molecule has 3 nitrogen and oxygen atoms in total. The summed E-state index contributed by atoms with van der Waals surface area (Å²) < 4.78 is 14.5. The quantitative estimate of drug-likeness (QED) is 0.862. The molecule has 1 aliphatic carbocycles. The molecule has 0 saturated heterocycles. The normalized spacial score (nSPS) is 16.5. The minimum Gasteiger partial charge on any atom is -0.383 e. The molecule has 0 bridgehead atoms. The lowest BCUT2D eigenvalue weighted by Gasteiger charge is -2.27. The van der Waals surface area contributed by atoms with E-state index in [0.717, 1.165) is 43.4 Å². The van der Waals surface area contributed by atoms with Crippen LogP contribution in [-0.4, -0.2) is 4.98 Å². The average molecular weight is 344 g/mol. The number of hydrogen-bond donors (Lipinski definition) is 1. The molecular formula is C19H19ClFN3. The molecule has 1 aromatic heterocycles. The standard InChI is InChI=1S/C19H19ClFN3/c1-2-4-11-7-8-16-12(9-11)17(13(10-22)19(23)24-16)18-14(20)5-3-6-15(18)21/h3,5-6,11H,2,4,7-9H2,1H3,(H2,23,24). The van der Waals surface area contributed by atoms with Crippen LogP contribution in [0.3, 0.4) is 0 Å². The Labute approximate surface area is 146 Å². The van der Waals surface area contributed by atoms with Crippen molar-refractivity contribution in [3.8, 4) is 17.2 Å². The summed E-state index contributed by atoms with van der Waals surface area (Å²) in [7, 11) is 0. The summed E-state index contributed by atoms with van der Waals surface area (Å²) in [6, 6.07) is 6.65. The van der Waals surface area contributed by atoms with Gasteiger partial charge in [0.2, 0.25) is 0 Å². The van der Waals surface area contributed by atoms with Crippen molar-refractivity contribution in [1.29, 1.82) is 5.26 Å². The SMILES string of the molecule is CCCC1CCc2nc(N)c(C#N)c(-c3c(F)cccc3Cl)c2C1. The molecule has 2 aromatic rings. The molecule has 124 valence electrons. The zero-order valence-corrected chi connectivity index (χ0v) is 14.3. The third-order valence-electron chi connectivity index (χ3n) is 4.72. The Hall–Kier alpha value is -2.12. The third-order valence-corrected chi connectivity index (χ3v) is 5.03. The van der Waals surface area contributed by atoms with Crippen molar-refractivity contribution >= 4 is 17.4 Å². The van der Waals surface area contributed by atoms with E-state index in [-0.39, 0.29) is 22.0 Å². The van der Waals surface area contributed by atoms with Crippen molar-refractivity contribution in [3.63, 3.8) is 0 Å². The van der Waals surface area contributed by atoms with Crippen molar-refractivity contribution in [1.82, 2.24) is 4.98 Å². The molecule has 2 N–H and O–H groups in total. The minimum atomic E-state index is -0.440. The molecule has 1 heterocycles. The summed E-state index contributed by atoms with van der Waals surface area (Å²) in [4.78, 5) is 4.41. The number of pyridine rings is 1. The maximum Gasteiger partial charge on any atom is 0.142 e. The summed E-state index contributed by atoms with van der Waals surface area (Å²) in [5, 5.41) is 9.87. The Balaban J connectivity index is 2.28. The van der Waals surface area contributed by atoms with E-state index in [1.54, 1.807) is 12.1 Å². The average Bonchev–Trinajstić information content (AvgIpc) is 2.55. The first-order valence-corrected chi connectivity index (χ1v) is 8.60. The molecule has 0 radical (unpaired) electrons. The van der Waals surface area contributed by atoms with E-state index < -0.39 is 5.82 Å². The molecule has 0 spiro atoms. The van der Waals surface area contributed by atoms with Crippen LogP contribution in [0.4, 0.5) is 10.2 Å². The number of aromatic nitrogens is 1. The van der Waals surface area contributed by atoms with Gasteiger partial charge in [-0.3, -0.25) is 0 Å². The van der Waals surface area contributed by atoms with Crippen LogP contribution in [0.5, 0.6) is 0 Å². The fraction of sp³-hybridized carbons (Fsp3) is 0.368. The van der Waals surface area contributed by atoms with Crippen LogP contribution in [0.15, 0.2) is 18.2 Å². The Kier molecular flexibility index (Phi) is 4.73. The van der Waals surface area contributed by atoms with Gasteiger partial charge < -0.3 is 5.73 Å². The van der Waals surface area contributed by atoms with Crippen LogP contribution >= 0.6 is 11.6 Å². The Morgan fingerprint density at radius 2 is 2.21 bits per heavy atom. The number of nitrogens with zero attached hydrogens (tertiary/aromatic N) is 2. The zero-order valence-electron chi connectivity index (χ0n) is 13.6. The summed E-state index contributed by atoms with van der Waals surface area (Å²) >= 11 is 6.27. The van der Waals surface area contributed by atoms with E-state index in [4.69, 9.17) is 17.3 Å². The molecule has 1 aromatic carbocycles. The number of aryl methyl sites for hydroxylation is 1. The van der Waals surface area contributed by atoms with E-state index in [9.17, 15) is 9.65 Å². The lowest BCUT2D eigenvalue weighted by molar-refractivity contribution is 0.419. The van der Waals surface area contributed by atoms with Crippen LogP contribution in [0.2, 0.25) is 5.02 Å². The molecule has 5 heteroatoms.